The Balaban J connectivity index is 5.21. The summed E-state index contributed by atoms with van der Waals surface area (Å²) in [6.07, 6.45) is 13.9. The fraction of sp³-hybridized carbons (Fsp3) is 0.875. The van der Waals surface area contributed by atoms with E-state index in [2.05, 4.69) is 27.7 Å². The molecule has 0 heterocycles. The van der Waals surface area contributed by atoms with Gasteiger partial charge in [0.15, 0.2) is 0 Å². The number of hydrogen-bond donors (Lipinski definition) is 0. The molecule has 0 aromatic carbocycles. The van der Waals surface area contributed by atoms with Crippen LogP contribution in [0.5, 0.6) is 0 Å². The molecule has 0 spiro atoms. The van der Waals surface area contributed by atoms with Gasteiger partial charge in [-0.25, -0.2) is 0 Å². The lowest BCUT2D eigenvalue weighted by atomic mass is 10.4. The van der Waals surface area contributed by atoms with Gasteiger partial charge in [0.2, 0.25) is 0 Å². The van der Waals surface area contributed by atoms with E-state index in [1.165, 1.54) is 68.6 Å². The summed E-state index contributed by atoms with van der Waals surface area (Å²) in [5, 5.41) is 1.29. The van der Waals surface area contributed by atoms with Crippen molar-refractivity contribution in [2.24, 2.45) is 0 Å². The average molecular weight is 272 g/mol. The van der Waals surface area contributed by atoms with E-state index < -0.39 is 6.89 Å². The molecule has 0 rings (SSSR count). The molecule has 2 heteroatoms. The van der Waals surface area contributed by atoms with Crippen molar-refractivity contribution in [1.29, 1.82) is 0 Å². The predicted octanol–water partition coefficient (Wildman–Crippen LogP) is 5.19. The Bertz CT molecular complexity index is 240. The van der Waals surface area contributed by atoms with E-state index in [4.69, 9.17) is 0 Å². The second-order valence-corrected chi connectivity index (χ2v) is 9.55. The highest BCUT2D eigenvalue weighted by Gasteiger charge is 2.20. The summed E-state index contributed by atoms with van der Waals surface area (Å²) in [5.74, 6) is 0. The van der Waals surface area contributed by atoms with Gasteiger partial charge in [0, 0.05) is 0 Å². The maximum atomic E-state index is 11.5. The largest absolute Gasteiger partial charge is 0.298 e. The Morgan fingerprint density at radius 3 is 1.44 bits per heavy atom. The van der Waals surface area contributed by atoms with Crippen molar-refractivity contribution in [3.63, 3.8) is 0 Å². The predicted molar refractivity (Wildman–Crippen MR) is 87.6 cm³/mol. The number of carbonyl (C=O) groups excluding carboxylic acids is 1. The number of carbonyl (C=O) groups is 1. The first-order valence-corrected chi connectivity index (χ1v) is 10.2. The topological polar surface area (TPSA) is 17.1 Å². The first-order chi connectivity index (χ1) is 8.70. The van der Waals surface area contributed by atoms with Gasteiger partial charge in [-0.2, -0.15) is 0 Å². The highest BCUT2D eigenvalue weighted by atomic mass is 31.2. The summed E-state index contributed by atoms with van der Waals surface area (Å²) in [6.45, 7) is 7.86. The standard InChI is InChI=1S/C16H33OP/c1-5-9-12-18(13-10-6-2,14-11-7-3)16(8-4)15-17/h15H,5-14H2,1-4H3. The Hall–Kier alpha value is -0.0300. The molecule has 0 saturated carbocycles. The summed E-state index contributed by atoms with van der Waals surface area (Å²) in [6, 6.07) is 0. The van der Waals surface area contributed by atoms with Crippen LogP contribution >= 0.6 is 6.89 Å². The minimum Gasteiger partial charge on any atom is -0.298 e. The van der Waals surface area contributed by atoms with Crippen LogP contribution in [0.15, 0.2) is 0 Å². The Morgan fingerprint density at radius 2 is 1.22 bits per heavy atom. The maximum absolute atomic E-state index is 11.5. The third kappa shape index (κ3) is 5.74. The Morgan fingerprint density at radius 1 is 0.833 bits per heavy atom. The van der Waals surface area contributed by atoms with Gasteiger partial charge in [0.05, 0.1) is 0 Å². The molecule has 0 aromatic rings. The summed E-state index contributed by atoms with van der Waals surface area (Å²) in [4.78, 5) is 11.5. The van der Waals surface area contributed by atoms with E-state index in [9.17, 15) is 4.79 Å². The molecule has 0 bridgehead atoms. The fourth-order valence-electron chi connectivity index (χ4n) is 2.68. The zero-order chi connectivity index (χ0) is 13.9. The third-order valence-corrected chi connectivity index (χ3v) is 9.08. The van der Waals surface area contributed by atoms with E-state index in [0.717, 1.165) is 6.42 Å². The summed E-state index contributed by atoms with van der Waals surface area (Å²) < 4.78 is 0. The second-order valence-electron chi connectivity index (χ2n) is 5.34. The first-order valence-electron chi connectivity index (χ1n) is 7.88. The van der Waals surface area contributed by atoms with Gasteiger partial charge in [-0.1, -0.05) is 53.8 Å². The average Bonchev–Trinajstić information content (AvgIpc) is 2.41. The van der Waals surface area contributed by atoms with Crippen molar-refractivity contribution in [3.05, 3.63) is 0 Å². The molecule has 0 fully saturated rings. The van der Waals surface area contributed by atoms with Gasteiger partial charge in [0.1, 0.15) is 6.29 Å². The molecule has 0 unspecified atom stereocenters. The van der Waals surface area contributed by atoms with Gasteiger partial charge >= 0.3 is 0 Å². The molecule has 0 saturated heterocycles. The number of rotatable bonds is 11. The molecule has 108 valence electrons. The molecular weight excluding hydrogens is 239 g/mol. The van der Waals surface area contributed by atoms with Crippen LogP contribution in [0.3, 0.4) is 0 Å². The van der Waals surface area contributed by atoms with Crippen molar-refractivity contribution in [3.8, 4) is 0 Å². The quantitative estimate of drug-likeness (QED) is 0.374. The van der Waals surface area contributed by atoms with Gasteiger partial charge in [-0.15, -0.1) is 0 Å². The lowest BCUT2D eigenvalue weighted by Gasteiger charge is -2.29. The molecule has 0 aliphatic rings. The number of aldehydes is 1. The fourth-order valence-corrected chi connectivity index (χ4v) is 7.87. The van der Waals surface area contributed by atoms with Crippen LogP contribution in [0.1, 0.15) is 72.6 Å². The van der Waals surface area contributed by atoms with Crippen molar-refractivity contribution >= 4 is 18.5 Å². The van der Waals surface area contributed by atoms with Crippen LogP contribution < -0.4 is 0 Å². The Kier molecular flexibility index (Phi) is 10.8. The lowest BCUT2D eigenvalue weighted by molar-refractivity contribution is -0.102. The number of unbranched alkanes of at least 4 members (excludes halogenated alkanes) is 3. The summed E-state index contributed by atoms with van der Waals surface area (Å²) in [7, 11) is 0. The van der Waals surface area contributed by atoms with Crippen molar-refractivity contribution < 1.29 is 4.79 Å². The molecule has 0 aromatic heterocycles. The van der Waals surface area contributed by atoms with Gasteiger partial charge < -0.3 is 0 Å². The van der Waals surface area contributed by atoms with E-state index >= 15 is 0 Å². The van der Waals surface area contributed by atoms with Gasteiger partial charge in [-0.3, -0.25) is 4.79 Å². The molecule has 18 heavy (non-hydrogen) atoms. The summed E-state index contributed by atoms with van der Waals surface area (Å²) in [5.41, 5.74) is 0. The molecule has 1 nitrogen and oxygen atoms in total. The van der Waals surface area contributed by atoms with E-state index in [1.807, 2.05) is 0 Å². The van der Waals surface area contributed by atoms with E-state index in [-0.39, 0.29) is 0 Å². The molecular formula is C16H33OP. The SMILES string of the molecule is CCCCP(CCCC)(CCCC)=C(C=O)CC. The maximum Gasteiger partial charge on any atom is 0.146 e. The molecule has 0 atom stereocenters. The zero-order valence-corrected chi connectivity index (χ0v) is 13.9. The third-order valence-electron chi connectivity index (χ3n) is 3.93. The van der Waals surface area contributed by atoms with Crippen LogP contribution in [0.25, 0.3) is 0 Å². The van der Waals surface area contributed by atoms with Crippen LogP contribution in [-0.2, 0) is 4.79 Å². The van der Waals surface area contributed by atoms with E-state index in [1.54, 1.807) is 0 Å². The van der Waals surface area contributed by atoms with Crippen LogP contribution in [-0.4, -0.2) is 30.1 Å². The van der Waals surface area contributed by atoms with Crippen LogP contribution in [0.2, 0.25) is 0 Å². The van der Waals surface area contributed by atoms with Crippen molar-refractivity contribution in [1.82, 2.24) is 0 Å². The highest BCUT2D eigenvalue weighted by Crippen LogP contribution is 2.51. The normalized spacial score (nSPS) is 11.6. The van der Waals surface area contributed by atoms with Crippen LogP contribution in [0.4, 0.5) is 0 Å². The molecule has 0 N–H and O–H groups in total. The first kappa shape index (κ1) is 18.0. The zero-order valence-electron chi connectivity index (χ0n) is 13.0. The second kappa shape index (κ2) is 10.9. The smallest absolute Gasteiger partial charge is 0.146 e. The lowest BCUT2D eigenvalue weighted by Crippen LogP contribution is -2.12. The molecule has 0 aliphatic heterocycles. The summed E-state index contributed by atoms with van der Waals surface area (Å²) >= 11 is 0. The van der Waals surface area contributed by atoms with Gasteiger partial charge in [0.25, 0.3) is 0 Å². The minimum atomic E-state index is -1.11. The molecule has 0 amide bonds. The number of hydrogen-bond acceptors (Lipinski definition) is 1. The van der Waals surface area contributed by atoms with Crippen molar-refractivity contribution in [2.45, 2.75) is 72.6 Å². The molecule has 0 radical (unpaired) electrons. The highest BCUT2D eigenvalue weighted by molar-refractivity contribution is 7.77. The van der Waals surface area contributed by atoms with Gasteiger partial charge in [-0.05, 0) is 49.5 Å². The van der Waals surface area contributed by atoms with Crippen LogP contribution in [0, 0.1) is 0 Å². The van der Waals surface area contributed by atoms with Crippen molar-refractivity contribution in [2.75, 3.05) is 18.5 Å². The minimum absolute atomic E-state index is 0.981. The Labute approximate surface area is 115 Å². The molecule has 0 aliphatic carbocycles. The monoisotopic (exact) mass is 272 g/mol. The van der Waals surface area contributed by atoms with E-state index in [0.29, 0.717) is 0 Å².